The summed E-state index contributed by atoms with van der Waals surface area (Å²) < 4.78 is 5.48. The Balaban J connectivity index is 2.58. The molecule has 108 valence electrons. The zero-order chi connectivity index (χ0) is 14.3. The molecule has 0 spiro atoms. The highest BCUT2D eigenvalue weighted by molar-refractivity contribution is 5.38. The van der Waals surface area contributed by atoms with Crippen LogP contribution in [0, 0.1) is 5.92 Å². The molecule has 0 bridgehead atoms. The van der Waals surface area contributed by atoms with Gasteiger partial charge in [-0.2, -0.15) is 0 Å². The van der Waals surface area contributed by atoms with E-state index in [1.54, 1.807) is 7.11 Å². The van der Waals surface area contributed by atoms with Crippen molar-refractivity contribution in [1.29, 1.82) is 0 Å². The molecule has 3 nitrogen and oxygen atoms in total. The number of ether oxygens (including phenoxy) is 1. The molecule has 0 saturated heterocycles. The summed E-state index contributed by atoms with van der Waals surface area (Å²) in [5.41, 5.74) is 8.09. The summed E-state index contributed by atoms with van der Waals surface area (Å²) in [6, 6.07) is 6.49. The fraction of sp³-hybridized carbons (Fsp3) is 0.625. The molecule has 0 aliphatic rings. The number of rotatable bonds is 8. The van der Waals surface area contributed by atoms with Crippen molar-refractivity contribution in [3.05, 3.63) is 29.3 Å². The van der Waals surface area contributed by atoms with Gasteiger partial charge >= 0.3 is 0 Å². The molecule has 0 radical (unpaired) electrons. The van der Waals surface area contributed by atoms with Gasteiger partial charge in [0.15, 0.2) is 0 Å². The molecule has 3 heteroatoms. The van der Waals surface area contributed by atoms with E-state index in [-0.39, 0.29) is 0 Å². The third-order valence-electron chi connectivity index (χ3n) is 3.45. The number of hydrogen-bond acceptors (Lipinski definition) is 3. The van der Waals surface area contributed by atoms with Crippen LogP contribution in [-0.2, 0) is 6.54 Å². The average molecular weight is 264 g/mol. The van der Waals surface area contributed by atoms with Crippen molar-refractivity contribution < 1.29 is 4.74 Å². The Morgan fingerprint density at radius 2 is 2.00 bits per heavy atom. The lowest BCUT2D eigenvalue weighted by molar-refractivity contribution is 0.404. The topological polar surface area (TPSA) is 47.3 Å². The molecule has 0 aromatic heterocycles. The Labute approximate surface area is 117 Å². The molecule has 1 unspecified atom stereocenters. The van der Waals surface area contributed by atoms with Crippen LogP contribution in [0.1, 0.15) is 44.2 Å². The van der Waals surface area contributed by atoms with E-state index in [4.69, 9.17) is 10.5 Å². The first-order valence-corrected chi connectivity index (χ1v) is 7.16. The van der Waals surface area contributed by atoms with Crippen LogP contribution in [0.5, 0.6) is 5.75 Å². The zero-order valence-electron chi connectivity index (χ0n) is 12.7. The van der Waals surface area contributed by atoms with E-state index in [1.807, 2.05) is 0 Å². The lowest BCUT2D eigenvalue weighted by Crippen LogP contribution is -2.22. The van der Waals surface area contributed by atoms with E-state index in [2.05, 4.69) is 44.3 Å². The molecule has 0 saturated carbocycles. The zero-order valence-corrected chi connectivity index (χ0v) is 12.7. The van der Waals surface area contributed by atoms with Gasteiger partial charge in [0.2, 0.25) is 0 Å². The SMILES string of the molecule is COc1cc(C(C)C)ccc1CNCC(C)CCN. The minimum Gasteiger partial charge on any atom is -0.496 e. The van der Waals surface area contributed by atoms with Gasteiger partial charge in [-0.25, -0.2) is 0 Å². The first-order chi connectivity index (χ1) is 9.08. The van der Waals surface area contributed by atoms with E-state index in [0.717, 1.165) is 31.8 Å². The van der Waals surface area contributed by atoms with Crippen molar-refractivity contribution in [1.82, 2.24) is 5.32 Å². The Hall–Kier alpha value is -1.06. The van der Waals surface area contributed by atoms with Crippen LogP contribution in [0.4, 0.5) is 0 Å². The third kappa shape index (κ3) is 5.21. The molecule has 3 N–H and O–H groups in total. The van der Waals surface area contributed by atoms with Crippen LogP contribution >= 0.6 is 0 Å². The van der Waals surface area contributed by atoms with Gasteiger partial charge in [0.25, 0.3) is 0 Å². The minimum absolute atomic E-state index is 0.528. The maximum Gasteiger partial charge on any atom is 0.123 e. The Bertz CT molecular complexity index is 377. The van der Waals surface area contributed by atoms with Crippen molar-refractivity contribution in [2.24, 2.45) is 11.7 Å². The van der Waals surface area contributed by atoms with Gasteiger partial charge in [0, 0.05) is 12.1 Å². The summed E-state index contributed by atoms with van der Waals surface area (Å²) in [5, 5.41) is 3.47. The predicted molar refractivity (Wildman–Crippen MR) is 81.6 cm³/mol. The molecule has 0 aliphatic carbocycles. The van der Waals surface area contributed by atoms with Crippen molar-refractivity contribution >= 4 is 0 Å². The van der Waals surface area contributed by atoms with Crippen LogP contribution in [0.15, 0.2) is 18.2 Å². The first kappa shape index (κ1) is 16.0. The lowest BCUT2D eigenvalue weighted by atomic mass is 10.0. The number of hydrogen-bond donors (Lipinski definition) is 2. The summed E-state index contributed by atoms with van der Waals surface area (Å²) in [4.78, 5) is 0. The highest BCUT2D eigenvalue weighted by Crippen LogP contribution is 2.24. The second-order valence-electron chi connectivity index (χ2n) is 5.54. The molecule has 19 heavy (non-hydrogen) atoms. The third-order valence-corrected chi connectivity index (χ3v) is 3.45. The summed E-state index contributed by atoms with van der Waals surface area (Å²) >= 11 is 0. The summed E-state index contributed by atoms with van der Waals surface area (Å²) in [6.45, 7) is 9.21. The van der Waals surface area contributed by atoms with Crippen molar-refractivity contribution in [3.63, 3.8) is 0 Å². The standard InChI is InChI=1S/C16H28N2O/c1-12(2)14-5-6-15(16(9-14)19-4)11-18-10-13(3)7-8-17/h5-6,9,12-13,18H,7-8,10-11,17H2,1-4H3. The summed E-state index contributed by atoms with van der Waals surface area (Å²) in [7, 11) is 1.74. The number of methoxy groups -OCH3 is 1. The van der Waals surface area contributed by atoms with Gasteiger partial charge in [-0.3, -0.25) is 0 Å². The van der Waals surface area contributed by atoms with Crippen LogP contribution in [0.2, 0.25) is 0 Å². The molecule has 0 heterocycles. The maximum absolute atomic E-state index is 5.56. The van der Waals surface area contributed by atoms with Crippen LogP contribution in [0.25, 0.3) is 0 Å². The lowest BCUT2D eigenvalue weighted by Gasteiger charge is -2.15. The Kier molecular flexibility index (Phi) is 6.89. The second-order valence-corrected chi connectivity index (χ2v) is 5.54. The van der Waals surface area contributed by atoms with Gasteiger partial charge in [-0.15, -0.1) is 0 Å². The first-order valence-electron chi connectivity index (χ1n) is 7.16. The molecule has 1 aromatic carbocycles. The fourth-order valence-corrected chi connectivity index (χ4v) is 2.11. The van der Waals surface area contributed by atoms with Gasteiger partial charge in [-0.05, 0) is 43.0 Å². The Morgan fingerprint density at radius 3 is 2.58 bits per heavy atom. The number of nitrogens with two attached hydrogens (primary N) is 1. The average Bonchev–Trinajstić information content (AvgIpc) is 2.39. The van der Waals surface area contributed by atoms with Crippen LogP contribution in [0.3, 0.4) is 0 Å². The van der Waals surface area contributed by atoms with E-state index >= 15 is 0 Å². The number of benzene rings is 1. The highest BCUT2D eigenvalue weighted by atomic mass is 16.5. The van der Waals surface area contributed by atoms with E-state index in [1.165, 1.54) is 11.1 Å². The van der Waals surface area contributed by atoms with Gasteiger partial charge in [-0.1, -0.05) is 32.9 Å². The van der Waals surface area contributed by atoms with E-state index in [0.29, 0.717) is 11.8 Å². The molecule has 0 aliphatic heterocycles. The molecule has 1 rings (SSSR count). The largest absolute Gasteiger partial charge is 0.496 e. The quantitative estimate of drug-likeness (QED) is 0.759. The maximum atomic E-state index is 5.56. The molecular weight excluding hydrogens is 236 g/mol. The summed E-state index contributed by atoms with van der Waals surface area (Å²) in [6.07, 6.45) is 1.07. The second kappa shape index (κ2) is 8.18. The molecule has 0 amide bonds. The van der Waals surface area contributed by atoms with Gasteiger partial charge in [0.05, 0.1) is 7.11 Å². The smallest absolute Gasteiger partial charge is 0.123 e. The van der Waals surface area contributed by atoms with Crippen molar-refractivity contribution in [3.8, 4) is 5.75 Å². The monoisotopic (exact) mass is 264 g/mol. The van der Waals surface area contributed by atoms with Crippen molar-refractivity contribution in [2.75, 3.05) is 20.2 Å². The predicted octanol–water partition coefficient (Wildman–Crippen LogP) is 2.89. The van der Waals surface area contributed by atoms with E-state index < -0.39 is 0 Å². The molecular formula is C16H28N2O. The normalized spacial score (nSPS) is 12.7. The Morgan fingerprint density at radius 1 is 1.26 bits per heavy atom. The highest BCUT2D eigenvalue weighted by Gasteiger charge is 2.07. The molecule has 0 fully saturated rings. The van der Waals surface area contributed by atoms with E-state index in [9.17, 15) is 0 Å². The van der Waals surface area contributed by atoms with Crippen LogP contribution in [-0.4, -0.2) is 20.2 Å². The van der Waals surface area contributed by atoms with Crippen LogP contribution < -0.4 is 15.8 Å². The summed E-state index contributed by atoms with van der Waals surface area (Å²) in [5.74, 6) is 2.12. The fourth-order valence-electron chi connectivity index (χ4n) is 2.11. The molecule has 1 aromatic rings. The number of nitrogens with one attached hydrogen (secondary N) is 1. The van der Waals surface area contributed by atoms with Crippen molar-refractivity contribution in [2.45, 2.75) is 39.7 Å². The minimum atomic E-state index is 0.528. The van der Waals surface area contributed by atoms with Gasteiger partial charge < -0.3 is 15.8 Å². The van der Waals surface area contributed by atoms with Gasteiger partial charge in [0.1, 0.15) is 5.75 Å². The molecule has 1 atom stereocenters.